The van der Waals surface area contributed by atoms with Crippen LogP contribution in [-0.4, -0.2) is 37.7 Å². The summed E-state index contributed by atoms with van der Waals surface area (Å²) in [7, 11) is 2.61. The molecule has 0 aliphatic rings. The second-order valence-corrected chi connectivity index (χ2v) is 6.04. The van der Waals surface area contributed by atoms with Crippen LogP contribution in [0.1, 0.15) is 18.7 Å². The van der Waals surface area contributed by atoms with Crippen LogP contribution in [0.2, 0.25) is 5.02 Å². The molecule has 0 aliphatic heterocycles. The molecule has 1 N–H and O–H groups in total. The number of aryl methyl sites for hydroxylation is 1. The molecule has 8 nitrogen and oxygen atoms in total. The Morgan fingerprint density at radius 3 is 2.67 bits per heavy atom. The van der Waals surface area contributed by atoms with E-state index in [1.165, 1.54) is 23.9 Å². The van der Waals surface area contributed by atoms with Gasteiger partial charge in [0.2, 0.25) is 5.91 Å². The van der Waals surface area contributed by atoms with Gasteiger partial charge in [-0.25, -0.2) is 4.68 Å². The van der Waals surface area contributed by atoms with Crippen LogP contribution in [0.5, 0.6) is 11.6 Å². The molecule has 12 heteroatoms. The summed E-state index contributed by atoms with van der Waals surface area (Å²) in [6.07, 6.45) is -4.67. The molecule has 0 fully saturated rings. The highest BCUT2D eigenvalue weighted by Crippen LogP contribution is 2.40. The van der Waals surface area contributed by atoms with E-state index in [0.29, 0.717) is 15.7 Å². The molecule has 1 amide bonds. The third kappa shape index (κ3) is 3.42. The molecule has 27 heavy (non-hydrogen) atoms. The van der Waals surface area contributed by atoms with Gasteiger partial charge in [-0.2, -0.15) is 13.2 Å². The Balaban J connectivity index is 1.98. The van der Waals surface area contributed by atoms with Crippen molar-refractivity contribution in [3.05, 3.63) is 28.9 Å². The third-order valence-electron chi connectivity index (χ3n) is 3.88. The largest absolute Gasteiger partial charge is 0.436 e. The maximum atomic E-state index is 13.0. The summed E-state index contributed by atoms with van der Waals surface area (Å²) in [6.45, 7) is 1.63. The number of likely N-dealkylation sites (N-methyl/N-ethyl adjacent to an activating group) is 1. The van der Waals surface area contributed by atoms with Gasteiger partial charge in [-0.15, -0.1) is 10.2 Å². The monoisotopic (exact) mass is 402 g/mol. The number of hydrogen-bond donors (Lipinski definition) is 1. The number of halogens is 4. The quantitative estimate of drug-likeness (QED) is 0.725. The van der Waals surface area contributed by atoms with Crippen LogP contribution in [0, 0.1) is 0 Å². The Hall–Kier alpha value is -2.82. The molecular formula is C15H14ClF3N6O2. The van der Waals surface area contributed by atoms with E-state index >= 15 is 0 Å². The Labute approximate surface area is 155 Å². The van der Waals surface area contributed by atoms with Crippen molar-refractivity contribution in [3.63, 3.8) is 0 Å². The molecule has 0 saturated carbocycles. The molecule has 2 aromatic heterocycles. The summed E-state index contributed by atoms with van der Waals surface area (Å²) < 4.78 is 46.5. The first-order valence-corrected chi connectivity index (χ1v) is 8.05. The highest BCUT2D eigenvalue weighted by molar-refractivity contribution is 6.32. The first-order chi connectivity index (χ1) is 12.6. The number of ether oxygens (including phenoxy) is 1. The van der Waals surface area contributed by atoms with Crippen LogP contribution in [0.15, 0.2) is 18.2 Å². The summed E-state index contributed by atoms with van der Waals surface area (Å²) >= 11 is 5.79. The molecule has 0 spiro atoms. The van der Waals surface area contributed by atoms with Gasteiger partial charge in [0.1, 0.15) is 22.3 Å². The number of alkyl halides is 3. The van der Waals surface area contributed by atoms with Gasteiger partial charge in [-0.3, -0.25) is 9.48 Å². The molecule has 3 aromatic rings. The van der Waals surface area contributed by atoms with Gasteiger partial charge < -0.3 is 10.1 Å². The zero-order chi connectivity index (χ0) is 19.9. The molecule has 1 unspecified atom stereocenters. The SMILES string of the molecule is CNC(=O)C(C)n1nnc2ccc(Oc3nn(C)c(C(F)(F)F)c3Cl)cc21. The van der Waals surface area contributed by atoms with Crippen molar-refractivity contribution in [2.45, 2.75) is 19.1 Å². The van der Waals surface area contributed by atoms with Gasteiger partial charge in [0.15, 0.2) is 5.69 Å². The van der Waals surface area contributed by atoms with E-state index in [1.54, 1.807) is 13.0 Å². The normalized spacial score (nSPS) is 13.0. The predicted octanol–water partition coefficient (Wildman–Crippen LogP) is 2.94. The average Bonchev–Trinajstić information content (AvgIpc) is 3.13. The Kier molecular flexibility index (Phi) is 4.72. The number of carbonyl (C=O) groups is 1. The van der Waals surface area contributed by atoms with Gasteiger partial charge in [-0.05, 0) is 19.1 Å². The number of fused-ring (bicyclic) bond motifs is 1. The molecular weight excluding hydrogens is 389 g/mol. The fraction of sp³-hybridized carbons (Fsp3) is 0.333. The van der Waals surface area contributed by atoms with E-state index in [1.807, 2.05) is 0 Å². The van der Waals surface area contributed by atoms with Gasteiger partial charge in [0.25, 0.3) is 5.88 Å². The van der Waals surface area contributed by atoms with E-state index < -0.39 is 22.9 Å². The standard InChI is InChI=1S/C15H14ClF3N6O2/c1-7(13(26)20-2)25-10-6-8(4-5-9(10)21-23-25)27-14-11(16)12(15(17,18)19)24(3)22-14/h4-7H,1-3H3,(H,20,26). The minimum Gasteiger partial charge on any atom is -0.436 e. The van der Waals surface area contributed by atoms with Crippen molar-refractivity contribution in [1.82, 2.24) is 30.1 Å². The van der Waals surface area contributed by atoms with Gasteiger partial charge >= 0.3 is 6.18 Å². The molecule has 0 aliphatic carbocycles. The van der Waals surface area contributed by atoms with Crippen molar-refractivity contribution in [2.75, 3.05) is 7.05 Å². The Morgan fingerprint density at radius 1 is 1.37 bits per heavy atom. The molecule has 0 radical (unpaired) electrons. The number of nitrogens with zero attached hydrogens (tertiary/aromatic N) is 5. The van der Waals surface area contributed by atoms with E-state index in [-0.39, 0.29) is 17.5 Å². The maximum Gasteiger partial charge on any atom is 0.434 e. The van der Waals surface area contributed by atoms with Crippen molar-refractivity contribution in [2.24, 2.45) is 7.05 Å². The summed E-state index contributed by atoms with van der Waals surface area (Å²) in [5, 5.41) is 13.4. The van der Waals surface area contributed by atoms with Gasteiger partial charge in [0, 0.05) is 20.2 Å². The Morgan fingerprint density at radius 2 is 2.07 bits per heavy atom. The van der Waals surface area contributed by atoms with Crippen LogP contribution >= 0.6 is 11.6 Å². The lowest BCUT2D eigenvalue weighted by molar-refractivity contribution is -0.143. The summed E-state index contributed by atoms with van der Waals surface area (Å²) in [6, 6.07) is 3.90. The highest BCUT2D eigenvalue weighted by atomic mass is 35.5. The Bertz CT molecular complexity index is 1010. The number of hydrogen-bond acceptors (Lipinski definition) is 5. The fourth-order valence-electron chi connectivity index (χ4n) is 2.54. The van der Waals surface area contributed by atoms with Gasteiger partial charge in [0.05, 0.1) is 5.52 Å². The van der Waals surface area contributed by atoms with Crippen LogP contribution in [0.3, 0.4) is 0 Å². The molecule has 1 atom stereocenters. The fourth-order valence-corrected chi connectivity index (χ4v) is 2.85. The van der Waals surface area contributed by atoms with Crippen molar-refractivity contribution < 1.29 is 22.7 Å². The lowest BCUT2D eigenvalue weighted by Gasteiger charge is -2.11. The number of amides is 1. The molecule has 1 aromatic carbocycles. The second kappa shape index (κ2) is 6.72. The smallest absolute Gasteiger partial charge is 0.434 e. The zero-order valence-electron chi connectivity index (χ0n) is 14.4. The number of nitrogens with one attached hydrogen (secondary N) is 1. The van der Waals surface area contributed by atoms with E-state index in [2.05, 4.69) is 20.7 Å². The van der Waals surface area contributed by atoms with E-state index in [4.69, 9.17) is 16.3 Å². The topological polar surface area (TPSA) is 86.9 Å². The second-order valence-electron chi connectivity index (χ2n) is 5.67. The number of carbonyl (C=O) groups excluding carboxylic acids is 1. The average molecular weight is 403 g/mol. The first-order valence-electron chi connectivity index (χ1n) is 7.67. The first kappa shape index (κ1) is 19.0. The van der Waals surface area contributed by atoms with Crippen molar-refractivity contribution >= 4 is 28.5 Å². The number of aromatic nitrogens is 5. The third-order valence-corrected chi connectivity index (χ3v) is 4.22. The van der Waals surface area contributed by atoms with Gasteiger partial charge in [-0.1, -0.05) is 16.8 Å². The lowest BCUT2D eigenvalue weighted by Crippen LogP contribution is -2.28. The van der Waals surface area contributed by atoms with Crippen LogP contribution in [-0.2, 0) is 18.0 Å². The zero-order valence-corrected chi connectivity index (χ0v) is 15.1. The number of rotatable bonds is 4. The molecule has 0 saturated heterocycles. The molecule has 2 heterocycles. The van der Waals surface area contributed by atoms with E-state index in [9.17, 15) is 18.0 Å². The van der Waals surface area contributed by atoms with Crippen molar-refractivity contribution in [1.29, 1.82) is 0 Å². The minimum atomic E-state index is -4.67. The van der Waals surface area contributed by atoms with Crippen LogP contribution in [0.4, 0.5) is 13.2 Å². The maximum absolute atomic E-state index is 13.0. The highest BCUT2D eigenvalue weighted by Gasteiger charge is 2.39. The molecule has 144 valence electrons. The van der Waals surface area contributed by atoms with E-state index in [0.717, 1.165) is 7.05 Å². The molecule has 0 bridgehead atoms. The van der Waals surface area contributed by atoms with Crippen LogP contribution < -0.4 is 10.1 Å². The summed E-state index contributed by atoms with van der Waals surface area (Å²) in [5.74, 6) is -0.496. The number of benzene rings is 1. The minimum absolute atomic E-state index is 0.170. The lowest BCUT2D eigenvalue weighted by atomic mass is 10.2. The summed E-state index contributed by atoms with van der Waals surface area (Å²) in [5.41, 5.74) is -0.159. The molecule has 3 rings (SSSR count). The predicted molar refractivity (Wildman–Crippen MR) is 89.6 cm³/mol. The van der Waals surface area contributed by atoms with Crippen LogP contribution in [0.25, 0.3) is 11.0 Å². The summed E-state index contributed by atoms with van der Waals surface area (Å²) in [4.78, 5) is 11.8. The van der Waals surface area contributed by atoms with Crippen molar-refractivity contribution in [3.8, 4) is 11.6 Å².